The van der Waals surface area contributed by atoms with Gasteiger partial charge in [-0.25, -0.2) is 4.98 Å². The van der Waals surface area contributed by atoms with E-state index in [2.05, 4.69) is 26.2 Å². The molecule has 1 amide bonds. The molecular formula is C15H11BrClN3O2S. The summed E-state index contributed by atoms with van der Waals surface area (Å²) in [6, 6.07) is 10.4. The summed E-state index contributed by atoms with van der Waals surface area (Å²) in [6.45, 7) is -0.0951. The number of carbonyl (C=O) groups is 1. The quantitative estimate of drug-likeness (QED) is 0.669. The molecule has 0 atom stereocenters. The molecule has 0 saturated heterocycles. The lowest BCUT2D eigenvalue weighted by molar-refractivity contribution is -0.118. The van der Waals surface area contributed by atoms with Crippen molar-refractivity contribution in [2.24, 2.45) is 0 Å². The van der Waals surface area contributed by atoms with Crippen LogP contribution in [0.1, 0.15) is 0 Å². The monoisotopic (exact) mass is 411 g/mol. The fourth-order valence-electron chi connectivity index (χ4n) is 1.95. The van der Waals surface area contributed by atoms with Gasteiger partial charge in [0, 0.05) is 15.2 Å². The molecule has 0 bridgehead atoms. The van der Waals surface area contributed by atoms with E-state index in [1.54, 1.807) is 30.3 Å². The maximum Gasteiger partial charge on any atom is 0.262 e. The van der Waals surface area contributed by atoms with Crippen molar-refractivity contribution in [3.05, 3.63) is 45.9 Å². The van der Waals surface area contributed by atoms with Gasteiger partial charge in [0.1, 0.15) is 5.75 Å². The molecule has 0 radical (unpaired) electrons. The standard InChI is InChI=1S/C15H11BrClN3O2S/c16-11-5-9(6-12-14(11)20-15(18)23-12)19-13(21)7-22-10-3-1-8(17)2-4-10/h1-6H,7H2,(H2,18,20)(H,19,21). The van der Waals surface area contributed by atoms with Crippen LogP contribution in [0.5, 0.6) is 5.75 Å². The number of nitrogen functional groups attached to an aromatic ring is 1. The Morgan fingerprint density at radius 1 is 1.35 bits per heavy atom. The molecule has 2 aromatic carbocycles. The number of nitrogens with two attached hydrogens (primary N) is 1. The van der Waals surface area contributed by atoms with Crippen LogP contribution >= 0.6 is 38.9 Å². The van der Waals surface area contributed by atoms with Crippen LogP contribution in [0.3, 0.4) is 0 Å². The first-order valence-corrected chi connectivity index (χ1v) is 8.54. The number of carbonyl (C=O) groups excluding carboxylic acids is 1. The van der Waals surface area contributed by atoms with E-state index in [1.807, 2.05) is 6.07 Å². The number of nitrogens with one attached hydrogen (secondary N) is 1. The first-order valence-electron chi connectivity index (χ1n) is 6.55. The molecule has 1 heterocycles. The number of ether oxygens (including phenoxy) is 1. The summed E-state index contributed by atoms with van der Waals surface area (Å²) in [5.41, 5.74) is 7.13. The van der Waals surface area contributed by atoms with E-state index in [0.717, 1.165) is 14.7 Å². The van der Waals surface area contributed by atoms with Gasteiger partial charge in [0.05, 0.1) is 10.2 Å². The molecule has 0 aliphatic carbocycles. The maximum absolute atomic E-state index is 12.0. The first-order chi connectivity index (χ1) is 11.0. The summed E-state index contributed by atoms with van der Waals surface area (Å²) in [4.78, 5) is 16.2. The number of nitrogens with zero attached hydrogens (tertiary/aromatic N) is 1. The zero-order chi connectivity index (χ0) is 16.4. The summed E-state index contributed by atoms with van der Waals surface area (Å²) in [6.07, 6.45) is 0. The molecule has 0 unspecified atom stereocenters. The van der Waals surface area contributed by atoms with Crippen molar-refractivity contribution in [1.29, 1.82) is 0 Å². The molecule has 0 aliphatic heterocycles. The first kappa shape index (κ1) is 16.0. The molecule has 8 heteroatoms. The molecular weight excluding hydrogens is 402 g/mol. The lowest BCUT2D eigenvalue weighted by Gasteiger charge is -2.08. The highest BCUT2D eigenvalue weighted by molar-refractivity contribution is 9.10. The fourth-order valence-corrected chi connectivity index (χ4v) is 3.56. The van der Waals surface area contributed by atoms with Gasteiger partial charge in [0.2, 0.25) is 0 Å². The van der Waals surface area contributed by atoms with Gasteiger partial charge in [-0.3, -0.25) is 4.79 Å². The van der Waals surface area contributed by atoms with Crippen LogP contribution in [0.25, 0.3) is 10.2 Å². The topological polar surface area (TPSA) is 77.2 Å². The highest BCUT2D eigenvalue weighted by Crippen LogP contribution is 2.32. The van der Waals surface area contributed by atoms with Crippen LogP contribution < -0.4 is 15.8 Å². The zero-order valence-electron chi connectivity index (χ0n) is 11.7. The highest BCUT2D eigenvalue weighted by Gasteiger charge is 2.10. The van der Waals surface area contributed by atoms with Crippen LogP contribution in [0.2, 0.25) is 5.02 Å². The van der Waals surface area contributed by atoms with E-state index in [4.69, 9.17) is 22.1 Å². The maximum atomic E-state index is 12.0. The Morgan fingerprint density at radius 2 is 2.09 bits per heavy atom. The van der Waals surface area contributed by atoms with E-state index in [0.29, 0.717) is 21.6 Å². The fraction of sp³-hybridized carbons (Fsp3) is 0.0667. The number of thiazole rings is 1. The average Bonchev–Trinajstić information content (AvgIpc) is 2.88. The minimum Gasteiger partial charge on any atom is -0.484 e. The normalized spacial score (nSPS) is 10.7. The number of hydrogen-bond acceptors (Lipinski definition) is 5. The molecule has 5 nitrogen and oxygen atoms in total. The van der Waals surface area contributed by atoms with E-state index in [-0.39, 0.29) is 12.5 Å². The van der Waals surface area contributed by atoms with E-state index < -0.39 is 0 Å². The smallest absolute Gasteiger partial charge is 0.262 e. The largest absolute Gasteiger partial charge is 0.484 e. The third-order valence-corrected chi connectivity index (χ3v) is 4.62. The average molecular weight is 413 g/mol. The zero-order valence-corrected chi connectivity index (χ0v) is 14.8. The Labute approximate surface area is 149 Å². The Morgan fingerprint density at radius 3 is 2.83 bits per heavy atom. The summed E-state index contributed by atoms with van der Waals surface area (Å²) < 4.78 is 7.07. The van der Waals surface area contributed by atoms with Gasteiger partial charge < -0.3 is 15.8 Å². The van der Waals surface area contributed by atoms with Crippen LogP contribution in [0.15, 0.2) is 40.9 Å². The summed E-state index contributed by atoms with van der Waals surface area (Å²) >= 11 is 10.6. The minimum atomic E-state index is -0.260. The molecule has 0 spiro atoms. The molecule has 0 saturated carbocycles. The van der Waals surface area contributed by atoms with Crippen molar-refractivity contribution in [1.82, 2.24) is 4.98 Å². The number of amides is 1. The Balaban J connectivity index is 1.66. The predicted molar refractivity (Wildman–Crippen MR) is 97.3 cm³/mol. The Kier molecular flexibility index (Phi) is 4.70. The van der Waals surface area contributed by atoms with Gasteiger partial charge >= 0.3 is 0 Å². The van der Waals surface area contributed by atoms with Crippen molar-refractivity contribution in [2.75, 3.05) is 17.7 Å². The van der Waals surface area contributed by atoms with Gasteiger partial charge in [0.25, 0.3) is 5.91 Å². The molecule has 23 heavy (non-hydrogen) atoms. The van der Waals surface area contributed by atoms with Crippen LogP contribution in [-0.2, 0) is 4.79 Å². The number of rotatable bonds is 4. The molecule has 0 fully saturated rings. The number of hydrogen-bond donors (Lipinski definition) is 2. The lowest BCUT2D eigenvalue weighted by atomic mass is 10.3. The van der Waals surface area contributed by atoms with E-state index in [1.165, 1.54) is 11.3 Å². The predicted octanol–water partition coefficient (Wildman–Crippen LogP) is 4.31. The third kappa shape index (κ3) is 3.93. The number of benzene rings is 2. The number of fused-ring (bicyclic) bond motifs is 1. The van der Waals surface area contributed by atoms with Gasteiger partial charge in [0.15, 0.2) is 11.7 Å². The third-order valence-electron chi connectivity index (χ3n) is 2.93. The second kappa shape index (κ2) is 6.74. The summed E-state index contributed by atoms with van der Waals surface area (Å²) in [7, 11) is 0. The number of anilines is 2. The molecule has 3 N–H and O–H groups in total. The molecule has 118 valence electrons. The van der Waals surface area contributed by atoms with Crippen molar-refractivity contribution >= 4 is 65.8 Å². The second-order valence-electron chi connectivity index (χ2n) is 4.65. The van der Waals surface area contributed by atoms with E-state index in [9.17, 15) is 4.79 Å². The van der Waals surface area contributed by atoms with Gasteiger partial charge in [-0.2, -0.15) is 0 Å². The SMILES string of the molecule is Nc1nc2c(Br)cc(NC(=O)COc3ccc(Cl)cc3)cc2s1. The Hall–Kier alpha value is -1.83. The summed E-state index contributed by atoms with van der Waals surface area (Å²) in [5, 5.41) is 3.88. The number of aromatic nitrogens is 1. The lowest BCUT2D eigenvalue weighted by Crippen LogP contribution is -2.20. The van der Waals surface area contributed by atoms with Crippen molar-refractivity contribution in [3.8, 4) is 5.75 Å². The minimum absolute atomic E-state index is 0.0951. The van der Waals surface area contributed by atoms with Crippen molar-refractivity contribution < 1.29 is 9.53 Å². The van der Waals surface area contributed by atoms with Crippen molar-refractivity contribution in [2.45, 2.75) is 0 Å². The van der Waals surface area contributed by atoms with E-state index >= 15 is 0 Å². The second-order valence-corrected chi connectivity index (χ2v) is 7.00. The van der Waals surface area contributed by atoms with Gasteiger partial charge in [-0.05, 0) is 52.3 Å². The molecule has 3 rings (SSSR count). The van der Waals surface area contributed by atoms with Gasteiger partial charge in [-0.1, -0.05) is 22.9 Å². The van der Waals surface area contributed by atoms with Crippen molar-refractivity contribution in [3.63, 3.8) is 0 Å². The summed E-state index contributed by atoms with van der Waals surface area (Å²) in [5.74, 6) is 0.320. The van der Waals surface area contributed by atoms with Crippen LogP contribution in [0.4, 0.5) is 10.8 Å². The van der Waals surface area contributed by atoms with Crippen LogP contribution in [0, 0.1) is 0 Å². The highest BCUT2D eigenvalue weighted by atomic mass is 79.9. The van der Waals surface area contributed by atoms with Crippen LogP contribution in [-0.4, -0.2) is 17.5 Å². The molecule has 0 aliphatic rings. The molecule has 1 aromatic heterocycles. The Bertz CT molecular complexity index is 867. The number of halogens is 2. The van der Waals surface area contributed by atoms with Gasteiger partial charge in [-0.15, -0.1) is 0 Å². The molecule has 3 aromatic rings.